The fourth-order valence-electron chi connectivity index (χ4n) is 2.77. The fourth-order valence-corrected chi connectivity index (χ4v) is 2.77. The molecule has 2 aliphatic heterocycles. The number of ether oxygens (including phenoxy) is 2. The van der Waals surface area contributed by atoms with Gasteiger partial charge in [-0.1, -0.05) is 0 Å². The van der Waals surface area contributed by atoms with Crippen molar-refractivity contribution in [1.82, 2.24) is 5.32 Å². The highest BCUT2D eigenvalue weighted by Gasteiger charge is 2.39. The van der Waals surface area contributed by atoms with E-state index in [1.54, 1.807) is 6.07 Å². The summed E-state index contributed by atoms with van der Waals surface area (Å²) in [7, 11) is 1.43. The molecular weight excluding hydrogens is 333 g/mol. The Morgan fingerprint density at radius 1 is 1.36 bits per heavy atom. The average molecular weight is 351 g/mol. The Morgan fingerprint density at radius 2 is 2.12 bits per heavy atom. The molecule has 3 amide bonds. The largest absolute Gasteiger partial charge is 0.442 e. The van der Waals surface area contributed by atoms with Gasteiger partial charge in [-0.15, -0.1) is 0 Å². The molecule has 0 aliphatic carbocycles. The number of amides is 3. The number of cyclic esters (lactones) is 1. The molecule has 2 fully saturated rings. The number of rotatable bonds is 5. The smallest absolute Gasteiger partial charge is 0.414 e. The van der Waals surface area contributed by atoms with Gasteiger partial charge in [0.05, 0.1) is 31.0 Å². The lowest BCUT2D eigenvalue weighted by atomic mass is 10.1. The molecule has 1 aromatic rings. The average Bonchev–Trinajstić information content (AvgIpc) is 2.94. The Hall–Kier alpha value is -2.68. The maximum atomic E-state index is 14.4. The Morgan fingerprint density at radius 3 is 2.72 bits per heavy atom. The van der Waals surface area contributed by atoms with E-state index in [1.165, 1.54) is 36.0 Å². The molecule has 9 heteroatoms. The van der Waals surface area contributed by atoms with E-state index in [9.17, 15) is 18.8 Å². The van der Waals surface area contributed by atoms with E-state index in [-0.39, 0.29) is 37.1 Å². The Kier molecular flexibility index (Phi) is 4.58. The van der Waals surface area contributed by atoms with Crippen molar-refractivity contribution >= 4 is 29.3 Å². The molecule has 0 radical (unpaired) electrons. The molecular formula is C16H18FN3O5. The lowest BCUT2D eigenvalue weighted by Gasteiger charge is -2.37. The van der Waals surface area contributed by atoms with Crippen LogP contribution in [0, 0.1) is 5.82 Å². The summed E-state index contributed by atoms with van der Waals surface area (Å²) in [5, 5.41) is 2.57. The van der Waals surface area contributed by atoms with Crippen LogP contribution in [0.3, 0.4) is 0 Å². The normalized spacial score (nSPS) is 22.7. The van der Waals surface area contributed by atoms with Crippen molar-refractivity contribution in [3.63, 3.8) is 0 Å². The molecule has 2 saturated heterocycles. The van der Waals surface area contributed by atoms with Crippen LogP contribution < -0.4 is 15.1 Å². The van der Waals surface area contributed by atoms with Crippen molar-refractivity contribution < 1.29 is 28.2 Å². The zero-order valence-electron chi connectivity index (χ0n) is 13.8. The number of hydrogen-bond donors (Lipinski definition) is 1. The molecule has 2 atom stereocenters. The highest BCUT2D eigenvalue weighted by atomic mass is 19.1. The fraction of sp³-hybridized carbons (Fsp3) is 0.438. The molecule has 2 aliphatic rings. The number of methoxy groups -OCH3 is 1. The van der Waals surface area contributed by atoms with Crippen LogP contribution in [0.25, 0.3) is 0 Å². The van der Waals surface area contributed by atoms with Crippen LogP contribution >= 0.6 is 0 Å². The van der Waals surface area contributed by atoms with E-state index in [1.807, 2.05) is 0 Å². The number of nitrogens with zero attached hydrogens (tertiary/aromatic N) is 2. The molecule has 25 heavy (non-hydrogen) atoms. The summed E-state index contributed by atoms with van der Waals surface area (Å²) in [5.41, 5.74) is 0.470. The first-order chi connectivity index (χ1) is 11.9. The molecule has 0 aromatic heterocycles. The van der Waals surface area contributed by atoms with E-state index in [0.717, 1.165) is 0 Å². The number of benzene rings is 1. The van der Waals surface area contributed by atoms with Crippen molar-refractivity contribution in [3.05, 3.63) is 24.0 Å². The first-order valence-corrected chi connectivity index (χ1v) is 7.77. The number of anilines is 2. The molecule has 3 rings (SSSR count). The molecule has 1 N–H and O–H groups in total. The number of halogens is 1. The number of carbonyl (C=O) groups excluding carboxylic acids is 3. The minimum atomic E-state index is -0.612. The SMILES string of the molecule is COC1CN(c2ccc(N3C[C@H](CNC(C)=O)OC3=O)cc2F)C1=O. The van der Waals surface area contributed by atoms with Crippen molar-refractivity contribution in [2.75, 3.05) is 36.5 Å². The van der Waals surface area contributed by atoms with Gasteiger partial charge in [0.15, 0.2) is 6.10 Å². The van der Waals surface area contributed by atoms with Crippen LogP contribution in [0.2, 0.25) is 0 Å². The van der Waals surface area contributed by atoms with Crippen LogP contribution in [0.1, 0.15) is 6.92 Å². The molecule has 1 unspecified atom stereocenters. The maximum Gasteiger partial charge on any atom is 0.414 e. The minimum absolute atomic E-state index is 0.143. The van der Waals surface area contributed by atoms with Crippen molar-refractivity contribution in [3.8, 4) is 0 Å². The Bertz CT molecular complexity index is 726. The number of nitrogens with one attached hydrogen (secondary N) is 1. The molecule has 2 heterocycles. The van der Waals surface area contributed by atoms with E-state index in [4.69, 9.17) is 9.47 Å². The second-order valence-corrected chi connectivity index (χ2v) is 5.86. The Balaban J connectivity index is 1.70. The van der Waals surface area contributed by atoms with E-state index in [2.05, 4.69) is 5.32 Å². The van der Waals surface area contributed by atoms with E-state index >= 15 is 0 Å². The van der Waals surface area contributed by atoms with Crippen molar-refractivity contribution in [1.29, 1.82) is 0 Å². The van der Waals surface area contributed by atoms with Gasteiger partial charge < -0.3 is 19.7 Å². The minimum Gasteiger partial charge on any atom is -0.442 e. The summed E-state index contributed by atoms with van der Waals surface area (Å²) < 4.78 is 24.5. The van der Waals surface area contributed by atoms with Crippen LogP contribution in [-0.2, 0) is 19.1 Å². The van der Waals surface area contributed by atoms with Gasteiger partial charge in [0.2, 0.25) is 5.91 Å². The third-order valence-electron chi connectivity index (χ3n) is 4.16. The predicted octanol–water partition coefficient (Wildman–Crippen LogP) is 0.649. The zero-order valence-corrected chi connectivity index (χ0v) is 13.8. The standard InChI is InChI=1S/C16H18FN3O5/c1-9(21)18-6-11-7-19(16(23)25-11)10-3-4-13(12(17)5-10)20-8-14(24-2)15(20)22/h3-5,11,14H,6-8H2,1-2H3,(H,18,21)/t11-,14?/m0/s1. The topological polar surface area (TPSA) is 88.2 Å². The van der Waals surface area contributed by atoms with Gasteiger partial charge in [-0.2, -0.15) is 0 Å². The lowest BCUT2D eigenvalue weighted by molar-refractivity contribution is -0.134. The highest BCUT2D eigenvalue weighted by Crippen LogP contribution is 2.31. The summed E-state index contributed by atoms with van der Waals surface area (Å²) in [5.74, 6) is -1.14. The molecule has 0 bridgehead atoms. The number of carbonyl (C=O) groups is 3. The second-order valence-electron chi connectivity index (χ2n) is 5.86. The first kappa shape index (κ1) is 17.2. The predicted molar refractivity (Wildman–Crippen MR) is 85.8 cm³/mol. The van der Waals surface area contributed by atoms with Crippen LogP contribution in [0.5, 0.6) is 0 Å². The summed E-state index contributed by atoms with van der Waals surface area (Å²) in [4.78, 5) is 37.3. The van der Waals surface area contributed by atoms with Gasteiger partial charge in [-0.3, -0.25) is 14.5 Å². The van der Waals surface area contributed by atoms with Gasteiger partial charge in [0.25, 0.3) is 5.91 Å². The molecule has 0 spiro atoms. The number of β-lactam (4-membered cyclic amide) rings is 1. The zero-order chi connectivity index (χ0) is 18.1. The quantitative estimate of drug-likeness (QED) is 0.787. The number of hydrogen-bond acceptors (Lipinski definition) is 5. The molecule has 1 aromatic carbocycles. The summed E-state index contributed by atoms with van der Waals surface area (Å²) in [6.45, 7) is 2.05. The monoisotopic (exact) mass is 351 g/mol. The van der Waals surface area contributed by atoms with Crippen molar-refractivity contribution in [2.45, 2.75) is 19.1 Å². The highest BCUT2D eigenvalue weighted by molar-refractivity contribution is 6.03. The molecule has 8 nitrogen and oxygen atoms in total. The summed E-state index contributed by atoms with van der Waals surface area (Å²) in [6.07, 6.45) is -1.65. The Labute approximate surface area is 143 Å². The molecule has 0 saturated carbocycles. The van der Waals surface area contributed by atoms with Crippen LogP contribution in [-0.4, -0.2) is 56.9 Å². The van der Waals surface area contributed by atoms with Gasteiger partial charge in [-0.05, 0) is 18.2 Å². The van der Waals surface area contributed by atoms with Gasteiger partial charge >= 0.3 is 6.09 Å². The van der Waals surface area contributed by atoms with Gasteiger partial charge in [-0.25, -0.2) is 9.18 Å². The van der Waals surface area contributed by atoms with Crippen LogP contribution in [0.15, 0.2) is 18.2 Å². The third-order valence-corrected chi connectivity index (χ3v) is 4.16. The summed E-state index contributed by atoms with van der Waals surface area (Å²) in [6, 6.07) is 4.18. The summed E-state index contributed by atoms with van der Waals surface area (Å²) >= 11 is 0. The molecule has 134 valence electrons. The van der Waals surface area contributed by atoms with Gasteiger partial charge in [0.1, 0.15) is 11.9 Å². The maximum absolute atomic E-state index is 14.4. The third kappa shape index (κ3) is 3.27. The first-order valence-electron chi connectivity index (χ1n) is 7.77. The van der Waals surface area contributed by atoms with E-state index in [0.29, 0.717) is 5.69 Å². The van der Waals surface area contributed by atoms with E-state index < -0.39 is 24.1 Å². The van der Waals surface area contributed by atoms with Gasteiger partial charge in [0, 0.05) is 14.0 Å². The second kappa shape index (κ2) is 6.67. The van der Waals surface area contributed by atoms with Crippen LogP contribution in [0.4, 0.5) is 20.6 Å². The lowest BCUT2D eigenvalue weighted by Crippen LogP contribution is -2.57. The van der Waals surface area contributed by atoms with Crippen molar-refractivity contribution in [2.24, 2.45) is 0 Å².